The normalized spacial score (nSPS) is 10.4. The van der Waals surface area contributed by atoms with Crippen LogP contribution >= 0.6 is 0 Å². The van der Waals surface area contributed by atoms with E-state index in [2.05, 4.69) is 11.9 Å². The molecule has 6 heteroatoms. The molecule has 0 aliphatic rings. The van der Waals surface area contributed by atoms with Crippen molar-refractivity contribution in [2.45, 2.75) is 32.7 Å². The number of amides is 1. The summed E-state index contributed by atoms with van der Waals surface area (Å²) in [4.78, 5) is 35.0. The van der Waals surface area contributed by atoms with Gasteiger partial charge in [0.25, 0.3) is 0 Å². The molecule has 0 fully saturated rings. The molecule has 0 rings (SSSR count). The van der Waals surface area contributed by atoms with E-state index in [4.69, 9.17) is 9.47 Å². The summed E-state index contributed by atoms with van der Waals surface area (Å²) in [6.45, 7) is 8.08. The maximum atomic E-state index is 11.9. The van der Waals surface area contributed by atoms with Gasteiger partial charge in [-0.3, -0.25) is 4.79 Å². The summed E-state index contributed by atoms with van der Waals surface area (Å²) >= 11 is 0. The van der Waals surface area contributed by atoms with Crippen molar-refractivity contribution in [3.8, 4) is 0 Å². The lowest BCUT2D eigenvalue weighted by Crippen LogP contribution is -2.60. The van der Waals surface area contributed by atoms with Crippen molar-refractivity contribution in [3.63, 3.8) is 0 Å². The van der Waals surface area contributed by atoms with Crippen molar-refractivity contribution in [1.29, 1.82) is 0 Å². The van der Waals surface area contributed by atoms with Crippen molar-refractivity contribution in [3.05, 3.63) is 12.7 Å². The van der Waals surface area contributed by atoms with E-state index in [9.17, 15) is 14.4 Å². The Morgan fingerprint density at radius 2 is 1.61 bits per heavy atom. The molecular weight excluding hydrogens is 238 g/mol. The molecule has 0 unspecified atom stereocenters. The van der Waals surface area contributed by atoms with Crippen LogP contribution in [-0.4, -0.2) is 36.6 Å². The summed E-state index contributed by atoms with van der Waals surface area (Å²) in [6, 6.07) is 0. The minimum absolute atomic E-state index is 0.0930. The van der Waals surface area contributed by atoms with Crippen molar-refractivity contribution in [1.82, 2.24) is 5.32 Å². The lowest BCUT2D eigenvalue weighted by Gasteiger charge is -2.28. The van der Waals surface area contributed by atoms with Crippen molar-refractivity contribution < 1.29 is 23.9 Å². The predicted octanol–water partition coefficient (Wildman–Crippen LogP) is 0.564. The Morgan fingerprint density at radius 3 is 1.89 bits per heavy atom. The predicted molar refractivity (Wildman–Crippen MR) is 64.6 cm³/mol. The van der Waals surface area contributed by atoms with Crippen LogP contribution in [-0.2, 0) is 23.9 Å². The van der Waals surface area contributed by atoms with Gasteiger partial charge < -0.3 is 14.8 Å². The third-order valence-electron chi connectivity index (χ3n) is 2.09. The third kappa shape index (κ3) is 3.87. The van der Waals surface area contributed by atoms with Gasteiger partial charge >= 0.3 is 11.9 Å². The first kappa shape index (κ1) is 16.1. The molecule has 0 spiro atoms. The lowest BCUT2D eigenvalue weighted by molar-refractivity contribution is -0.167. The third-order valence-corrected chi connectivity index (χ3v) is 2.09. The zero-order chi connectivity index (χ0) is 14.2. The van der Waals surface area contributed by atoms with Crippen LogP contribution in [0.4, 0.5) is 0 Å². The molecule has 0 radical (unpaired) electrons. The van der Waals surface area contributed by atoms with Gasteiger partial charge in [-0.05, 0) is 13.8 Å². The fraction of sp³-hybridized carbons (Fsp3) is 0.583. The molecule has 0 aromatic carbocycles. The van der Waals surface area contributed by atoms with Crippen molar-refractivity contribution in [2.24, 2.45) is 0 Å². The Labute approximate surface area is 106 Å². The number of carbonyl (C=O) groups is 3. The molecule has 18 heavy (non-hydrogen) atoms. The summed E-state index contributed by atoms with van der Waals surface area (Å²) in [5.74, 6) is -2.23. The highest BCUT2D eigenvalue weighted by molar-refractivity contribution is 6.07. The van der Waals surface area contributed by atoms with E-state index >= 15 is 0 Å². The highest BCUT2D eigenvalue weighted by atomic mass is 16.6. The number of ether oxygens (including phenoxy) is 2. The van der Waals surface area contributed by atoms with E-state index in [-0.39, 0.29) is 19.6 Å². The van der Waals surface area contributed by atoms with E-state index in [1.807, 2.05) is 0 Å². The first-order chi connectivity index (χ1) is 8.44. The van der Waals surface area contributed by atoms with Crippen LogP contribution < -0.4 is 5.32 Å². The molecule has 0 bridgehead atoms. The van der Waals surface area contributed by atoms with Gasteiger partial charge in [-0.25, -0.2) is 9.59 Å². The zero-order valence-electron chi connectivity index (χ0n) is 10.9. The molecule has 1 N–H and O–H groups in total. The number of hydrogen-bond donors (Lipinski definition) is 1. The molecule has 0 aliphatic heterocycles. The molecule has 1 amide bonds. The summed E-state index contributed by atoms with van der Waals surface area (Å²) in [7, 11) is 0. The van der Waals surface area contributed by atoms with E-state index < -0.39 is 23.4 Å². The van der Waals surface area contributed by atoms with E-state index in [0.717, 1.165) is 0 Å². The SMILES string of the molecule is C=CCC(NC(C)=O)(C(=O)OCC)C(=O)OCC. The van der Waals surface area contributed by atoms with Gasteiger partial charge in [-0.2, -0.15) is 0 Å². The van der Waals surface area contributed by atoms with Gasteiger partial charge in [0.1, 0.15) is 0 Å². The average molecular weight is 257 g/mol. The first-order valence-electron chi connectivity index (χ1n) is 5.68. The van der Waals surface area contributed by atoms with E-state index in [1.165, 1.54) is 13.0 Å². The second kappa shape index (κ2) is 7.47. The van der Waals surface area contributed by atoms with Gasteiger partial charge in [-0.15, -0.1) is 6.58 Å². The molecule has 0 saturated carbocycles. The first-order valence-corrected chi connectivity index (χ1v) is 5.68. The Bertz CT molecular complexity index is 319. The van der Waals surface area contributed by atoms with E-state index in [1.54, 1.807) is 13.8 Å². The van der Waals surface area contributed by atoms with Crippen molar-refractivity contribution in [2.75, 3.05) is 13.2 Å². The maximum Gasteiger partial charge on any atom is 0.344 e. The van der Waals surface area contributed by atoms with Crippen LogP contribution in [0.15, 0.2) is 12.7 Å². The highest BCUT2D eigenvalue weighted by Gasteiger charge is 2.48. The monoisotopic (exact) mass is 257 g/mol. The molecule has 0 aromatic rings. The molecule has 6 nitrogen and oxygen atoms in total. The van der Waals surface area contributed by atoms with Crippen molar-refractivity contribution >= 4 is 17.8 Å². The van der Waals surface area contributed by atoms with Gasteiger partial charge in [0.05, 0.1) is 13.2 Å². The molecule has 0 aromatic heterocycles. The molecule has 0 heterocycles. The summed E-state index contributed by atoms with van der Waals surface area (Å²) < 4.78 is 9.65. The Morgan fingerprint density at radius 1 is 1.17 bits per heavy atom. The Hall–Kier alpha value is -1.85. The van der Waals surface area contributed by atoms with Crippen LogP contribution in [0.5, 0.6) is 0 Å². The number of carbonyl (C=O) groups excluding carboxylic acids is 3. The van der Waals surface area contributed by atoms with Crippen LogP contribution in [0.2, 0.25) is 0 Å². The molecule has 0 saturated heterocycles. The lowest BCUT2D eigenvalue weighted by atomic mass is 9.95. The molecule has 102 valence electrons. The van der Waals surface area contributed by atoms with Gasteiger partial charge in [0.15, 0.2) is 0 Å². The number of esters is 2. The number of nitrogens with one attached hydrogen (secondary N) is 1. The second-order valence-electron chi connectivity index (χ2n) is 3.52. The quantitative estimate of drug-likeness (QED) is 0.409. The van der Waals surface area contributed by atoms with Crippen LogP contribution in [0.25, 0.3) is 0 Å². The van der Waals surface area contributed by atoms with Gasteiger partial charge in [-0.1, -0.05) is 6.08 Å². The standard InChI is InChI=1S/C12H19NO5/c1-5-8-12(13-9(4)14,10(15)17-6-2)11(16)18-7-3/h5H,1,6-8H2,2-4H3,(H,13,14). The smallest absolute Gasteiger partial charge is 0.344 e. The maximum absolute atomic E-state index is 11.9. The second-order valence-corrected chi connectivity index (χ2v) is 3.52. The molecule has 0 aliphatic carbocycles. The summed E-state index contributed by atoms with van der Waals surface area (Å²) in [5, 5.41) is 2.30. The fourth-order valence-electron chi connectivity index (χ4n) is 1.43. The number of hydrogen-bond acceptors (Lipinski definition) is 5. The highest BCUT2D eigenvalue weighted by Crippen LogP contribution is 2.16. The zero-order valence-corrected chi connectivity index (χ0v) is 10.9. The Kier molecular flexibility index (Phi) is 6.70. The minimum atomic E-state index is -1.85. The van der Waals surface area contributed by atoms with Gasteiger partial charge in [0.2, 0.25) is 11.4 Å². The number of rotatable bonds is 7. The Balaban J connectivity index is 5.38. The molecular formula is C12H19NO5. The minimum Gasteiger partial charge on any atom is -0.464 e. The molecule has 0 atom stereocenters. The van der Waals surface area contributed by atoms with Crippen LogP contribution in [0.1, 0.15) is 27.2 Å². The van der Waals surface area contributed by atoms with Crippen LogP contribution in [0.3, 0.4) is 0 Å². The largest absolute Gasteiger partial charge is 0.464 e. The summed E-state index contributed by atoms with van der Waals surface area (Å²) in [6.07, 6.45) is 1.26. The topological polar surface area (TPSA) is 81.7 Å². The van der Waals surface area contributed by atoms with E-state index in [0.29, 0.717) is 0 Å². The summed E-state index contributed by atoms with van der Waals surface area (Å²) in [5.41, 5.74) is -1.85. The fourth-order valence-corrected chi connectivity index (χ4v) is 1.43. The van der Waals surface area contributed by atoms with Crippen LogP contribution in [0, 0.1) is 0 Å². The van der Waals surface area contributed by atoms with Gasteiger partial charge in [0, 0.05) is 13.3 Å². The average Bonchev–Trinajstić information content (AvgIpc) is 2.28.